The minimum Gasteiger partial charge on any atom is -0.417 e. The largest absolute Gasteiger partial charge is 0.469 e. The van der Waals surface area contributed by atoms with Crippen LogP contribution in [-0.4, -0.2) is 39.7 Å². The summed E-state index contributed by atoms with van der Waals surface area (Å²) >= 11 is 0. The normalized spacial score (nSPS) is 13.7. The second-order valence-electron chi connectivity index (χ2n) is 9.15. The second kappa shape index (κ2) is 10.7. The molecule has 0 aromatic carbocycles. The van der Waals surface area contributed by atoms with Gasteiger partial charge in [-0.15, -0.1) is 0 Å². The van der Waals surface area contributed by atoms with E-state index in [0.717, 1.165) is 30.6 Å². The van der Waals surface area contributed by atoms with E-state index in [9.17, 15) is 4.79 Å². The van der Waals surface area contributed by atoms with E-state index < -0.39 is 39.7 Å². The van der Waals surface area contributed by atoms with Crippen molar-refractivity contribution in [3.8, 4) is 0 Å². The lowest BCUT2D eigenvalue weighted by Crippen LogP contribution is -2.61. The number of carbonyl (C=O) groups excluding carboxylic acids is 1. The maximum absolute atomic E-state index is 11.3. The van der Waals surface area contributed by atoms with Gasteiger partial charge in [0.1, 0.15) is 0 Å². The topological polar surface area (TPSA) is 70.8 Å². The Morgan fingerprint density at radius 2 is 1.15 bits per heavy atom. The molecular formula is C18H43NO4Si4. The fraction of sp³-hybridized carbons (Fsp3) is 0.833. The van der Waals surface area contributed by atoms with Crippen LogP contribution >= 0.6 is 0 Å². The van der Waals surface area contributed by atoms with Crippen molar-refractivity contribution >= 4 is 39.7 Å². The van der Waals surface area contributed by atoms with Crippen LogP contribution in [0.15, 0.2) is 12.2 Å². The Morgan fingerprint density at radius 1 is 0.815 bits per heavy atom. The van der Waals surface area contributed by atoms with E-state index in [1.165, 1.54) is 0 Å². The van der Waals surface area contributed by atoms with Gasteiger partial charge in [0.15, 0.2) is 25.0 Å². The molecule has 0 spiro atoms. The SMILES string of the molecule is C=C(CCC[Si](O[Si](C)(C)CC)(O[Si](C)(C)CC)O[Si](C)(C)CC)C(N)=O. The van der Waals surface area contributed by atoms with Gasteiger partial charge in [0.25, 0.3) is 0 Å². The average Bonchev–Trinajstić information content (AvgIpc) is 2.53. The van der Waals surface area contributed by atoms with Crippen LogP contribution < -0.4 is 5.73 Å². The molecule has 9 heteroatoms. The summed E-state index contributed by atoms with van der Waals surface area (Å²) in [6, 6.07) is 3.78. The molecule has 0 radical (unpaired) electrons. The summed E-state index contributed by atoms with van der Waals surface area (Å²) < 4.78 is 20.5. The van der Waals surface area contributed by atoms with Gasteiger partial charge in [-0.25, -0.2) is 0 Å². The minimum atomic E-state index is -2.87. The van der Waals surface area contributed by atoms with Crippen LogP contribution in [0.25, 0.3) is 0 Å². The minimum absolute atomic E-state index is 0.431. The maximum Gasteiger partial charge on any atom is 0.469 e. The van der Waals surface area contributed by atoms with Crippen molar-refractivity contribution in [2.45, 2.75) is 97.1 Å². The van der Waals surface area contributed by atoms with Gasteiger partial charge in [0.2, 0.25) is 5.91 Å². The summed E-state index contributed by atoms with van der Waals surface area (Å²) in [5, 5.41) is 0. The first-order chi connectivity index (χ1) is 12.1. The van der Waals surface area contributed by atoms with Crippen LogP contribution in [0.3, 0.4) is 0 Å². The molecule has 27 heavy (non-hydrogen) atoms. The summed E-state index contributed by atoms with van der Waals surface area (Å²) in [7, 11) is -8.56. The zero-order valence-electron chi connectivity index (χ0n) is 19.2. The van der Waals surface area contributed by atoms with E-state index in [4.69, 9.17) is 18.1 Å². The third-order valence-electron chi connectivity index (χ3n) is 5.16. The highest BCUT2D eigenvalue weighted by Gasteiger charge is 2.51. The maximum atomic E-state index is 11.3. The Hall–Kier alpha value is -0.0425. The predicted octanol–water partition coefficient (Wildman–Crippen LogP) is 5.47. The number of nitrogens with two attached hydrogens (primary N) is 1. The molecule has 5 nitrogen and oxygen atoms in total. The average molecular weight is 450 g/mol. The molecule has 0 aliphatic carbocycles. The molecule has 2 N–H and O–H groups in total. The summed E-state index contributed by atoms with van der Waals surface area (Å²) in [4.78, 5) is 11.3. The number of hydrogen-bond donors (Lipinski definition) is 1. The lowest BCUT2D eigenvalue weighted by atomic mass is 10.2. The zero-order valence-corrected chi connectivity index (χ0v) is 23.2. The highest BCUT2D eigenvalue weighted by atomic mass is 28.5. The molecule has 0 aliphatic heterocycles. The van der Waals surface area contributed by atoms with Crippen molar-refractivity contribution in [2.24, 2.45) is 5.73 Å². The molecule has 1 amide bonds. The summed E-state index contributed by atoms with van der Waals surface area (Å²) in [6.45, 7) is 23.8. The van der Waals surface area contributed by atoms with Gasteiger partial charge in [-0.3, -0.25) is 4.79 Å². The molecule has 0 aliphatic rings. The fourth-order valence-corrected chi connectivity index (χ4v) is 17.6. The molecule has 0 aromatic heterocycles. The van der Waals surface area contributed by atoms with E-state index in [0.29, 0.717) is 12.0 Å². The molecule has 0 bridgehead atoms. The van der Waals surface area contributed by atoms with Crippen LogP contribution in [0.5, 0.6) is 0 Å². The van der Waals surface area contributed by atoms with Crippen LogP contribution in [0, 0.1) is 0 Å². The molecular weight excluding hydrogens is 407 g/mol. The molecule has 160 valence electrons. The first kappa shape index (κ1) is 27.0. The van der Waals surface area contributed by atoms with E-state index >= 15 is 0 Å². The first-order valence-corrected chi connectivity index (χ1v) is 21.5. The van der Waals surface area contributed by atoms with Crippen molar-refractivity contribution in [3.63, 3.8) is 0 Å². The van der Waals surface area contributed by atoms with Crippen molar-refractivity contribution < 1.29 is 17.1 Å². The molecule has 0 aromatic rings. The number of carbonyl (C=O) groups is 1. The number of primary amides is 1. The summed E-state index contributed by atoms with van der Waals surface area (Å²) in [6.07, 6.45) is 1.32. The van der Waals surface area contributed by atoms with Crippen molar-refractivity contribution in [2.75, 3.05) is 0 Å². The van der Waals surface area contributed by atoms with Gasteiger partial charge in [0.05, 0.1) is 0 Å². The summed E-state index contributed by atoms with van der Waals surface area (Å²) in [5.74, 6) is -0.431. The van der Waals surface area contributed by atoms with Gasteiger partial charge >= 0.3 is 8.80 Å². The van der Waals surface area contributed by atoms with Crippen molar-refractivity contribution in [3.05, 3.63) is 12.2 Å². The standard InChI is InChI=1S/C18H43NO4Si4/c1-11-24(5,6)21-27(22-25(7,8)12-2,23-26(9,10)13-3)16-14-15-17(4)18(19)20/h4,11-16H2,1-3,5-10H3,(H2,19,20). The fourth-order valence-electron chi connectivity index (χ4n) is 2.34. The number of rotatable bonds is 14. The number of hydrogen-bond acceptors (Lipinski definition) is 4. The van der Waals surface area contributed by atoms with Crippen LogP contribution in [0.2, 0.25) is 63.5 Å². The highest BCUT2D eigenvalue weighted by Crippen LogP contribution is 2.33. The van der Waals surface area contributed by atoms with Gasteiger partial charge in [-0.1, -0.05) is 27.4 Å². The lowest BCUT2D eigenvalue weighted by Gasteiger charge is -2.44. The summed E-state index contributed by atoms with van der Waals surface area (Å²) in [5.41, 5.74) is 5.82. The van der Waals surface area contributed by atoms with Crippen LogP contribution in [0.4, 0.5) is 0 Å². The van der Waals surface area contributed by atoms with Crippen molar-refractivity contribution in [1.82, 2.24) is 0 Å². The monoisotopic (exact) mass is 449 g/mol. The molecule has 0 unspecified atom stereocenters. The van der Waals surface area contributed by atoms with Gasteiger partial charge in [0, 0.05) is 11.6 Å². The molecule has 0 rings (SSSR count). The third kappa shape index (κ3) is 10.3. The van der Waals surface area contributed by atoms with Crippen LogP contribution in [-0.2, 0) is 17.1 Å². The Kier molecular flexibility index (Phi) is 10.6. The smallest absolute Gasteiger partial charge is 0.417 e. The molecule has 0 saturated heterocycles. The molecule has 0 saturated carbocycles. The Morgan fingerprint density at radius 3 is 1.41 bits per heavy atom. The Labute approximate surface area is 171 Å². The molecule has 0 fully saturated rings. The quantitative estimate of drug-likeness (QED) is 0.282. The van der Waals surface area contributed by atoms with Crippen LogP contribution in [0.1, 0.15) is 33.6 Å². The van der Waals surface area contributed by atoms with E-state index in [2.05, 4.69) is 66.6 Å². The van der Waals surface area contributed by atoms with E-state index in [1.807, 2.05) is 0 Å². The second-order valence-corrected chi connectivity index (χ2v) is 26.1. The zero-order chi connectivity index (χ0) is 21.5. The van der Waals surface area contributed by atoms with Gasteiger partial charge in [-0.2, -0.15) is 0 Å². The van der Waals surface area contributed by atoms with E-state index in [-0.39, 0.29) is 0 Å². The first-order valence-electron chi connectivity index (χ1n) is 10.2. The number of amides is 1. The van der Waals surface area contributed by atoms with Crippen molar-refractivity contribution in [1.29, 1.82) is 0 Å². The third-order valence-corrected chi connectivity index (χ3v) is 21.6. The Bertz CT molecular complexity index is 464. The van der Waals surface area contributed by atoms with Gasteiger partial charge in [-0.05, 0) is 70.3 Å². The molecule has 0 atom stereocenters. The molecule has 0 heterocycles. The van der Waals surface area contributed by atoms with E-state index in [1.54, 1.807) is 0 Å². The van der Waals surface area contributed by atoms with Gasteiger partial charge < -0.3 is 18.1 Å². The Balaban J connectivity index is 5.81. The lowest BCUT2D eigenvalue weighted by molar-refractivity contribution is -0.114. The highest BCUT2D eigenvalue weighted by molar-refractivity contribution is 6.90. The predicted molar refractivity (Wildman–Crippen MR) is 125 cm³/mol.